The molecule has 4 N–H and O–H groups in total. The van der Waals surface area contributed by atoms with Crippen LogP contribution in [0.15, 0.2) is 53.5 Å². The number of halogens is 3. The Morgan fingerprint density at radius 2 is 1.85 bits per heavy atom. The predicted octanol–water partition coefficient (Wildman–Crippen LogP) is 3.33. The largest absolute Gasteiger partial charge is 0.573 e. The minimum absolute atomic E-state index is 0.0452. The maximum atomic E-state index is 12.1. The Labute approximate surface area is 152 Å². The number of aliphatic imine (C=N–C) groups is 1. The fourth-order valence-corrected chi connectivity index (χ4v) is 2.08. The van der Waals surface area contributed by atoms with Crippen molar-refractivity contribution in [3.63, 3.8) is 0 Å². The molecule has 0 aliphatic carbocycles. The molecular formula is C16H16F3N5O3. The van der Waals surface area contributed by atoms with E-state index in [1.165, 1.54) is 18.2 Å². The molecule has 0 atom stereocenters. The first kappa shape index (κ1) is 19.8. The molecular weight excluding hydrogens is 367 g/mol. The van der Waals surface area contributed by atoms with Gasteiger partial charge < -0.3 is 21.1 Å². The standard InChI is InChI=1S/C16H16F3N5O3/c17-16(18,19)27-12-7-5-11(6-8-12)23-15(20)22-10-9-21-13-3-1-2-4-14(13)24(25)26/h1-8,21H,9-10H2,(H3,20,22,23). The van der Waals surface area contributed by atoms with E-state index in [2.05, 4.69) is 20.4 Å². The molecule has 0 unspecified atom stereocenters. The van der Waals surface area contributed by atoms with E-state index in [1.54, 1.807) is 18.2 Å². The van der Waals surface area contributed by atoms with Crippen molar-refractivity contribution in [1.29, 1.82) is 0 Å². The lowest BCUT2D eigenvalue weighted by Crippen LogP contribution is -2.24. The van der Waals surface area contributed by atoms with Gasteiger partial charge in [0.2, 0.25) is 0 Å². The highest BCUT2D eigenvalue weighted by Crippen LogP contribution is 2.24. The number of anilines is 2. The number of ether oxygens (including phenoxy) is 1. The van der Waals surface area contributed by atoms with Crippen LogP contribution in [0, 0.1) is 10.1 Å². The van der Waals surface area contributed by atoms with Crippen molar-refractivity contribution in [2.75, 3.05) is 23.7 Å². The monoisotopic (exact) mass is 383 g/mol. The number of benzene rings is 2. The molecule has 2 aromatic carbocycles. The van der Waals surface area contributed by atoms with E-state index in [-0.39, 0.29) is 23.9 Å². The zero-order chi connectivity index (χ0) is 19.9. The van der Waals surface area contributed by atoms with Crippen molar-refractivity contribution in [3.05, 3.63) is 58.6 Å². The van der Waals surface area contributed by atoms with E-state index < -0.39 is 11.3 Å². The minimum atomic E-state index is -4.75. The van der Waals surface area contributed by atoms with Gasteiger partial charge in [0.05, 0.1) is 11.5 Å². The number of nitrogens with two attached hydrogens (primary N) is 1. The molecule has 0 amide bonds. The Morgan fingerprint density at radius 3 is 2.48 bits per heavy atom. The molecule has 11 heteroatoms. The van der Waals surface area contributed by atoms with Gasteiger partial charge in [0.25, 0.3) is 5.69 Å². The van der Waals surface area contributed by atoms with E-state index in [1.807, 2.05) is 0 Å². The second kappa shape index (κ2) is 8.74. The summed E-state index contributed by atoms with van der Waals surface area (Å²) in [5.74, 6) is -0.305. The molecule has 2 aromatic rings. The van der Waals surface area contributed by atoms with E-state index in [0.717, 1.165) is 12.1 Å². The van der Waals surface area contributed by atoms with Gasteiger partial charge in [-0.05, 0) is 30.3 Å². The van der Waals surface area contributed by atoms with Gasteiger partial charge in [-0.2, -0.15) is 0 Å². The number of alkyl halides is 3. The average Bonchev–Trinajstić information content (AvgIpc) is 2.59. The van der Waals surface area contributed by atoms with Crippen molar-refractivity contribution in [2.45, 2.75) is 6.36 Å². The summed E-state index contributed by atoms with van der Waals surface area (Å²) in [5.41, 5.74) is 6.44. The summed E-state index contributed by atoms with van der Waals surface area (Å²) < 4.78 is 40.1. The molecule has 0 bridgehead atoms. The highest BCUT2D eigenvalue weighted by atomic mass is 19.4. The van der Waals surface area contributed by atoms with Crippen LogP contribution in [0.4, 0.5) is 30.2 Å². The first-order chi connectivity index (χ1) is 12.7. The molecule has 8 nitrogen and oxygen atoms in total. The molecule has 0 aliphatic rings. The normalized spacial score (nSPS) is 11.7. The third-order valence-electron chi connectivity index (χ3n) is 3.17. The van der Waals surface area contributed by atoms with Crippen molar-refractivity contribution in [3.8, 4) is 5.75 Å². The maximum absolute atomic E-state index is 12.1. The van der Waals surface area contributed by atoms with Gasteiger partial charge in [0.1, 0.15) is 11.4 Å². The third-order valence-corrected chi connectivity index (χ3v) is 3.17. The summed E-state index contributed by atoms with van der Waals surface area (Å²) in [4.78, 5) is 14.4. The van der Waals surface area contributed by atoms with Crippen LogP contribution < -0.4 is 21.1 Å². The molecule has 0 heterocycles. The number of hydrogen-bond donors (Lipinski definition) is 3. The second-order valence-electron chi connectivity index (χ2n) is 5.17. The lowest BCUT2D eigenvalue weighted by Gasteiger charge is -2.10. The summed E-state index contributed by atoms with van der Waals surface area (Å²) in [6.45, 7) is 0.520. The van der Waals surface area contributed by atoms with E-state index in [0.29, 0.717) is 17.9 Å². The Hall–Kier alpha value is -3.50. The van der Waals surface area contributed by atoms with Crippen LogP contribution in [0.5, 0.6) is 5.75 Å². The van der Waals surface area contributed by atoms with Crippen molar-refractivity contribution in [1.82, 2.24) is 0 Å². The van der Waals surface area contributed by atoms with Crippen LogP contribution in [0.3, 0.4) is 0 Å². The fraction of sp³-hybridized carbons (Fsp3) is 0.188. The van der Waals surface area contributed by atoms with Gasteiger partial charge in [-0.25, -0.2) is 0 Å². The lowest BCUT2D eigenvalue weighted by atomic mass is 10.2. The van der Waals surface area contributed by atoms with Gasteiger partial charge in [0.15, 0.2) is 5.96 Å². The number of nitro groups is 1. The first-order valence-electron chi connectivity index (χ1n) is 7.64. The predicted molar refractivity (Wildman–Crippen MR) is 94.8 cm³/mol. The van der Waals surface area contributed by atoms with Crippen LogP contribution in [0.2, 0.25) is 0 Å². The van der Waals surface area contributed by atoms with Gasteiger partial charge in [-0.15, -0.1) is 13.2 Å². The summed E-state index contributed by atoms with van der Waals surface area (Å²) in [6, 6.07) is 11.2. The fourth-order valence-electron chi connectivity index (χ4n) is 2.08. The van der Waals surface area contributed by atoms with E-state index in [4.69, 9.17) is 5.73 Å². The van der Waals surface area contributed by atoms with Crippen molar-refractivity contribution < 1.29 is 22.8 Å². The van der Waals surface area contributed by atoms with Crippen LogP contribution in [-0.2, 0) is 0 Å². The van der Waals surface area contributed by atoms with Crippen molar-refractivity contribution >= 4 is 23.0 Å². The second-order valence-corrected chi connectivity index (χ2v) is 5.17. The summed E-state index contributed by atoms with van der Waals surface area (Å²) in [5, 5.41) is 16.5. The number of hydrogen-bond acceptors (Lipinski definition) is 5. The smallest absolute Gasteiger partial charge is 0.406 e. The summed E-state index contributed by atoms with van der Waals surface area (Å²) >= 11 is 0. The molecule has 27 heavy (non-hydrogen) atoms. The molecule has 2 rings (SSSR count). The van der Waals surface area contributed by atoms with Gasteiger partial charge >= 0.3 is 6.36 Å². The highest BCUT2D eigenvalue weighted by molar-refractivity contribution is 5.92. The van der Waals surface area contributed by atoms with E-state index in [9.17, 15) is 23.3 Å². The van der Waals surface area contributed by atoms with Gasteiger partial charge in [-0.3, -0.25) is 15.1 Å². The number of para-hydroxylation sites is 2. The van der Waals surface area contributed by atoms with Crippen LogP contribution >= 0.6 is 0 Å². The van der Waals surface area contributed by atoms with Crippen LogP contribution in [0.25, 0.3) is 0 Å². The zero-order valence-electron chi connectivity index (χ0n) is 13.9. The number of nitro benzene ring substituents is 1. The maximum Gasteiger partial charge on any atom is 0.573 e. The number of nitrogens with one attached hydrogen (secondary N) is 2. The number of nitrogens with zero attached hydrogens (tertiary/aromatic N) is 2. The van der Waals surface area contributed by atoms with Crippen LogP contribution in [0.1, 0.15) is 0 Å². The summed E-state index contributed by atoms with van der Waals surface area (Å²) in [6.07, 6.45) is -4.75. The Balaban J connectivity index is 1.83. The topological polar surface area (TPSA) is 115 Å². The molecule has 0 saturated heterocycles. The quantitative estimate of drug-likeness (QED) is 0.222. The molecule has 0 radical (unpaired) electrons. The number of guanidine groups is 1. The minimum Gasteiger partial charge on any atom is -0.406 e. The Morgan fingerprint density at radius 1 is 1.19 bits per heavy atom. The van der Waals surface area contributed by atoms with E-state index >= 15 is 0 Å². The molecule has 0 saturated carbocycles. The molecule has 0 spiro atoms. The van der Waals surface area contributed by atoms with Gasteiger partial charge in [0, 0.05) is 18.3 Å². The van der Waals surface area contributed by atoms with Crippen molar-refractivity contribution in [2.24, 2.45) is 10.7 Å². The Kier molecular flexibility index (Phi) is 6.41. The lowest BCUT2D eigenvalue weighted by molar-refractivity contribution is -0.384. The first-order valence-corrected chi connectivity index (χ1v) is 7.64. The molecule has 0 fully saturated rings. The zero-order valence-corrected chi connectivity index (χ0v) is 13.9. The van der Waals surface area contributed by atoms with Gasteiger partial charge in [-0.1, -0.05) is 12.1 Å². The molecule has 144 valence electrons. The molecule has 0 aliphatic heterocycles. The SMILES string of the molecule is NC(=NCCNc1ccccc1[N+](=O)[O-])Nc1ccc(OC(F)(F)F)cc1. The highest BCUT2D eigenvalue weighted by Gasteiger charge is 2.30. The van der Waals surface area contributed by atoms with Crippen LogP contribution in [-0.4, -0.2) is 30.3 Å². The molecule has 0 aromatic heterocycles. The number of rotatable bonds is 7. The summed E-state index contributed by atoms with van der Waals surface area (Å²) in [7, 11) is 0. The average molecular weight is 383 g/mol. The Bertz CT molecular complexity index is 810. The third kappa shape index (κ3) is 6.72.